The van der Waals surface area contributed by atoms with Crippen molar-refractivity contribution in [2.75, 3.05) is 12.1 Å². The van der Waals surface area contributed by atoms with Gasteiger partial charge in [-0.05, 0) is 34.7 Å². The van der Waals surface area contributed by atoms with Crippen LogP contribution in [0.4, 0.5) is 5.82 Å². The molecule has 0 radical (unpaired) electrons. The molecule has 2 heterocycles. The topological polar surface area (TPSA) is 20.0 Å². The Hall–Kier alpha value is -1.17. The van der Waals surface area contributed by atoms with Crippen molar-refractivity contribution in [3.05, 3.63) is 52.5 Å². The Balaban J connectivity index is 2.29. The summed E-state index contributed by atoms with van der Waals surface area (Å²) in [6.07, 6.45) is 5.83. The first-order valence-corrected chi connectivity index (χ1v) is 5.67. The minimum Gasteiger partial charge on any atom is -0.233 e. The van der Waals surface area contributed by atoms with Gasteiger partial charge in [-0.15, -0.1) is 5.01 Å². The molecular formula is C11H11IN3+. The van der Waals surface area contributed by atoms with E-state index in [1.807, 2.05) is 65.7 Å². The first-order chi connectivity index (χ1) is 7.27. The number of rotatable bonds is 2. The summed E-state index contributed by atoms with van der Waals surface area (Å²) in [6, 6.07) is 10.0. The third kappa shape index (κ3) is 2.44. The standard InChI is InChI=1S/C11H11IN3/c1-14(15-7-3-2-4-8-15)11-6-5-10(12)9-13-11/h2-9H,1H3/q+1. The fourth-order valence-electron chi connectivity index (χ4n) is 1.27. The third-order valence-corrected chi connectivity index (χ3v) is 2.73. The van der Waals surface area contributed by atoms with Crippen LogP contribution in [0.1, 0.15) is 0 Å². The molecule has 2 aromatic rings. The predicted octanol–water partition coefficient (Wildman–Crippen LogP) is 1.87. The van der Waals surface area contributed by atoms with Crippen LogP contribution in [0, 0.1) is 3.57 Å². The fourth-order valence-corrected chi connectivity index (χ4v) is 1.59. The van der Waals surface area contributed by atoms with Crippen LogP contribution in [0.15, 0.2) is 48.9 Å². The lowest BCUT2D eigenvalue weighted by Crippen LogP contribution is -2.51. The maximum Gasteiger partial charge on any atom is 0.200 e. The van der Waals surface area contributed by atoms with E-state index in [4.69, 9.17) is 0 Å². The van der Waals surface area contributed by atoms with Gasteiger partial charge in [0.1, 0.15) is 0 Å². The van der Waals surface area contributed by atoms with Gasteiger partial charge in [-0.1, -0.05) is 10.7 Å². The number of halogens is 1. The van der Waals surface area contributed by atoms with Crippen molar-refractivity contribution in [2.24, 2.45) is 0 Å². The molecule has 0 bridgehead atoms. The van der Waals surface area contributed by atoms with E-state index < -0.39 is 0 Å². The molecule has 0 aliphatic rings. The highest BCUT2D eigenvalue weighted by atomic mass is 127. The molecular weight excluding hydrogens is 301 g/mol. The Labute approximate surface area is 102 Å². The number of hydrogen-bond donors (Lipinski definition) is 0. The predicted molar refractivity (Wildman–Crippen MR) is 67.4 cm³/mol. The van der Waals surface area contributed by atoms with Gasteiger partial charge in [0.2, 0.25) is 0 Å². The number of pyridine rings is 2. The summed E-state index contributed by atoms with van der Waals surface area (Å²) in [4.78, 5) is 4.35. The molecule has 0 atom stereocenters. The molecule has 0 saturated heterocycles. The second kappa shape index (κ2) is 4.57. The Kier molecular flexibility index (Phi) is 3.15. The largest absolute Gasteiger partial charge is 0.233 e. The average molecular weight is 312 g/mol. The lowest BCUT2D eigenvalue weighted by Gasteiger charge is -2.10. The van der Waals surface area contributed by atoms with Crippen LogP contribution < -0.4 is 9.69 Å². The van der Waals surface area contributed by atoms with E-state index in [1.165, 1.54) is 0 Å². The maximum atomic E-state index is 4.35. The van der Waals surface area contributed by atoms with Gasteiger partial charge < -0.3 is 0 Å². The Bertz CT molecular complexity index is 427. The van der Waals surface area contributed by atoms with E-state index in [1.54, 1.807) is 0 Å². The van der Waals surface area contributed by atoms with Crippen LogP contribution in [0.25, 0.3) is 0 Å². The SMILES string of the molecule is CN(c1ccc(I)cn1)[n+]1ccccc1. The molecule has 0 aliphatic carbocycles. The van der Waals surface area contributed by atoms with E-state index in [0.29, 0.717) is 0 Å². The zero-order valence-corrected chi connectivity index (χ0v) is 10.5. The van der Waals surface area contributed by atoms with E-state index in [2.05, 4.69) is 27.6 Å². The van der Waals surface area contributed by atoms with E-state index >= 15 is 0 Å². The summed E-state index contributed by atoms with van der Waals surface area (Å²) in [5.41, 5.74) is 0. The van der Waals surface area contributed by atoms with E-state index in [-0.39, 0.29) is 0 Å². The van der Waals surface area contributed by atoms with Crippen molar-refractivity contribution < 1.29 is 4.68 Å². The highest BCUT2D eigenvalue weighted by molar-refractivity contribution is 14.1. The second-order valence-electron chi connectivity index (χ2n) is 3.11. The monoisotopic (exact) mass is 312 g/mol. The van der Waals surface area contributed by atoms with E-state index in [0.717, 1.165) is 9.39 Å². The molecule has 0 unspecified atom stereocenters. The highest BCUT2D eigenvalue weighted by Gasteiger charge is 2.09. The second-order valence-corrected chi connectivity index (χ2v) is 4.36. The molecule has 0 spiro atoms. The average Bonchev–Trinajstić information content (AvgIpc) is 2.30. The molecule has 0 aromatic carbocycles. The van der Waals surface area contributed by atoms with Crippen LogP contribution in [0.2, 0.25) is 0 Å². The highest BCUT2D eigenvalue weighted by Crippen LogP contribution is 2.08. The third-order valence-electron chi connectivity index (χ3n) is 2.09. The summed E-state index contributed by atoms with van der Waals surface area (Å²) >= 11 is 2.25. The number of hydrogen-bond acceptors (Lipinski definition) is 2. The normalized spacial score (nSPS) is 10.0. The molecule has 0 N–H and O–H groups in total. The van der Waals surface area contributed by atoms with Gasteiger partial charge in [0.15, 0.2) is 18.2 Å². The van der Waals surface area contributed by atoms with Gasteiger partial charge >= 0.3 is 0 Å². The maximum absolute atomic E-state index is 4.35. The minimum absolute atomic E-state index is 0.923. The summed E-state index contributed by atoms with van der Waals surface area (Å²) in [5.74, 6) is 0.923. The van der Waals surface area contributed by atoms with E-state index in [9.17, 15) is 0 Å². The van der Waals surface area contributed by atoms with Crippen molar-refractivity contribution in [3.8, 4) is 0 Å². The number of aromatic nitrogens is 2. The van der Waals surface area contributed by atoms with Crippen LogP contribution in [0.5, 0.6) is 0 Å². The molecule has 4 heteroatoms. The molecule has 0 saturated carbocycles. The van der Waals surface area contributed by atoms with Crippen LogP contribution in [0.3, 0.4) is 0 Å². The Morgan fingerprint density at radius 3 is 2.53 bits per heavy atom. The molecule has 0 aliphatic heterocycles. The zero-order valence-electron chi connectivity index (χ0n) is 8.34. The Morgan fingerprint density at radius 1 is 1.20 bits per heavy atom. The molecule has 3 nitrogen and oxygen atoms in total. The van der Waals surface area contributed by atoms with Crippen LogP contribution >= 0.6 is 22.6 Å². The van der Waals surface area contributed by atoms with Crippen molar-refractivity contribution in [2.45, 2.75) is 0 Å². The molecule has 2 aromatic heterocycles. The molecule has 15 heavy (non-hydrogen) atoms. The Morgan fingerprint density at radius 2 is 1.93 bits per heavy atom. The summed E-state index contributed by atoms with van der Waals surface area (Å²) in [6.45, 7) is 0. The molecule has 0 amide bonds. The van der Waals surface area contributed by atoms with Gasteiger partial charge in [0.25, 0.3) is 0 Å². The minimum atomic E-state index is 0.923. The van der Waals surface area contributed by atoms with Crippen molar-refractivity contribution >= 4 is 28.4 Å². The fraction of sp³-hybridized carbons (Fsp3) is 0.0909. The zero-order chi connectivity index (χ0) is 10.7. The van der Waals surface area contributed by atoms with Gasteiger partial charge in [-0.25, -0.2) is 4.98 Å². The lowest BCUT2D eigenvalue weighted by atomic mass is 10.4. The first-order valence-electron chi connectivity index (χ1n) is 4.59. The van der Waals surface area contributed by atoms with Gasteiger partial charge in [-0.3, -0.25) is 0 Å². The summed E-state index contributed by atoms with van der Waals surface area (Å²) in [7, 11) is 1.98. The molecule has 2 rings (SSSR count). The van der Waals surface area contributed by atoms with Crippen molar-refractivity contribution in [1.29, 1.82) is 0 Å². The number of nitrogens with zero attached hydrogens (tertiary/aromatic N) is 3. The smallest absolute Gasteiger partial charge is 0.200 e. The molecule has 0 fully saturated rings. The first kappa shape index (κ1) is 10.4. The van der Waals surface area contributed by atoms with Crippen molar-refractivity contribution in [1.82, 2.24) is 4.98 Å². The van der Waals surface area contributed by atoms with Gasteiger partial charge in [-0.2, -0.15) is 0 Å². The summed E-state index contributed by atoms with van der Waals surface area (Å²) < 4.78 is 3.12. The van der Waals surface area contributed by atoms with Crippen molar-refractivity contribution in [3.63, 3.8) is 0 Å². The lowest BCUT2D eigenvalue weighted by molar-refractivity contribution is -0.681. The summed E-state index contributed by atoms with van der Waals surface area (Å²) in [5, 5.41) is 1.98. The quantitative estimate of drug-likeness (QED) is 0.623. The van der Waals surface area contributed by atoms with Crippen LogP contribution in [-0.4, -0.2) is 12.0 Å². The van der Waals surface area contributed by atoms with Crippen LogP contribution in [-0.2, 0) is 0 Å². The molecule has 76 valence electrons. The van der Waals surface area contributed by atoms with Gasteiger partial charge in [0.05, 0.1) is 7.05 Å². The number of anilines is 1. The van der Waals surface area contributed by atoms with Gasteiger partial charge in [0, 0.05) is 21.9 Å².